The Hall–Kier alpha value is -4.07. The van der Waals surface area contributed by atoms with Gasteiger partial charge in [0.1, 0.15) is 11.5 Å². The van der Waals surface area contributed by atoms with Crippen LogP contribution in [0.15, 0.2) is 58.6 Å². The summed E-state index contributed by atoms with van der Waals surface area (Å²) in [5.41, 5.74) is 1.94. The van der Waals surface area contributed by atoms with Crippen LogP contribution in [0.4, 0.5) is 5.82 Å². The van der Waals surface area contributed by atoms with E-state index in [1.54, 1.807) is 43.3 Å². The van der Waals surface area contributed by atoms with Crippen molar-refractivity contribution in [2.24, 2.45) is 0 Å². The number of aryl methyl sites for hydroxylation is 2. The lowest BCUT2D eigenvalue weighted by molar-refractivity contribution is -0.132. The SMILES string of the molecule is CCCOc1ccc([C@H]2/C(=C(\O)c3ccc(C)cc3)C(=O)C(=O)N2c2cc(C)on2)cc1OC. The predicted octanol–water partition coefficient (Wildman–Crippen LogP) is 4.72. The van der Waals surface area contributed by atoms with Crippen molar-refractivity contribution in [3.05, 3.63) is 76.6 Å². The van der Waals surface area contributed by atoms with Crippen molar-refractivity contribution in [3.63, 3.8) is 0 Å². The molecule has 1 N–H and O–H groups in total. The topological polar surface area (TPSA) is 102 Å². The number of Topliss-reactive ketones (excluding diaryl/α,β-unsaturated/α-hetero) is 1. The number of nitrogens with zero attached hydrogens (tertiary/aromatic N) is 2. The van der Waals surface area contributed by atoms with Gasteiger partial charge in [-0.1, -0.05) is 48.0 Å². The average Bonchev–Trinajstić information content (AvgIpc) is 3.38. The van der Waals surface area contributed by atoms with E-state index < -0.39 is 17.7 Å². The molecule has 8 heteroatoms. The fraction of sp³-hybridized carbons (Fsp3) is 0.269. The minimum atomic E-state index is -0.945. The maximum Gasteiger partial charge on any atom is 0.301 e. The van der Waals surface area contributed by atoms with E-state index in [-0.39, 0.29) is 17.2 Å². The fourth-order valence-electron chi connectivity index (χ4n) is 3.90. The number of ether oxygens (including phenoxy) is 2. The smallest absolute Gasteiger partial charge is 0.301 e. The third-order valence-corrected chi connectivity index (χ3v) is 5.60. The number of aliphatic hydroxyl groups excluding tert-OH is 1. The van der Waals surface area contributed by atoms with Gasteiger partial charge in [0, 0.05) is 11.6 Å². The zero-order valence-corrected chi connectivity index (χ0v) is 19.5. The molecule has 0 unspecified atom stereocenters. The monoisotopic (exact) mass is 462 g/mol. The minimum absolute atomic E-state index is 0.0428. The second-order valence-electron chi connectivity index (χ2n) is 8.09. The van der Waals surface area contributed by atoms with Crippen LogP contribution >= 0.6 is 0 Å². The second kappa shape index (κ2) is 9.43. The summed E-state index contributed by atoms with van der Waals surface area (Å²) in [6, 6.07) is 12.9. The van der Waals surface area contributed by atoms with Crippen molar-refractivity contribution < 1.29 is 28.7 Å². The Morgan fingerprint density at radius 3 is 2.44 bits per heavy atom. The largest absolute Gasteiger partial charge is 0.507 e. The summed E-state index contributed by atoms with van der Waals surface area (Å²) in [5, 5.41) is 15.1. The number of hydrogen-bond donors (Lipinski definition) is 1. The molecule has 1 aromatic heterocycles. The number of ketones is 1. The molecule has 1 atom stereocenters. The maximum absolute atomic E-state index is 13.2. The van der Waals surface area contributed by atoms with Crippen LogP contribution in [-0.4, -0.2) is 35.7 Å². The predicted molar refractivity (Wildman–Crippen MR) is 126 cm³/mol. The first kappa shape index (κ1) is 23.1. The standard InChI is InChI=1S/C26H26N2O6/c1-5-12-33-19-11-10-18(14-20(19)32-4)23-22(24(29)17-8-6-15(2)7-9-17)25(30)26(31)28(23)21-13-16(3)34-27-21/h6-11,13-14,23,29H,5,12H2,1-4H3/b24-22+/t23-/m0/s1. The molecule has 1 fully saturated rings. The van der Waals surface area contributed by atoms with Crippen LogP contribution < -0.4 is 14.4 Å². The summed E-state index contributed by atoms with van der Waals surface area (Å²) in [7, 11) is 1.52. The van der Waals surface area contributed by atoms with Gasteiger partial charge < -0.3 is 19.1 Å². The van der Waals surface area contributed by atoms with Crippen LogP contribution in [0.25, 0.3) is 5.76 Å². The van der Waals surface area contributed by atoms with Crippen molar-refractivity contribution in [3.8, 4) is 11.5 Å². The number of benzene rings is 2. The first-order valence-electron chi connectivity index (χ1n) is 11.0. The van der Waals surface area contributed by atoms with E-state index in [0.29, 0.717) is 35.0 Å². The van der Waals surface area contributed by atoms with Gasteiger partial charge in [0.2, 0.25) is 0 Å². The number of rotatable bonds is 7. The van der Waals surface area contributed by atoms with Gasteiger partial charge >= 0.3 is 5.91 Å². The van der Waals surface area contributed by atoms with Crippen LogP contribution in [0.3, 0.4) is 0 Å². The lowest BCUT2D eigenvalue weighted by Crippen LogP contribution is -2.29. The molecule has 1 aliphatic rings. The zero-order valence-electron chi connectivity index (χ0n) is 19.5. The van der Waals surface area contributed by atoms with Crippen LogP contribution in [0.2, 0.25) is 0 Å². The summed E-state index contributed by atoms with van der Waals surface area (Å²) >= 11 is 0. The van der Waals surface area contributed by atoms with Crippen LogP contribution in [0.1, 0.15) is 41.8 Å². The Bertz CT molecular complexity index is 1260. The Balaban J connectivity index is 1.91. The molecule has 1 aliphatic heterocycles. The van der Waals surface area contributed by atoms with E-state index in [4.69, 9.17) is 14.0 Å². The van der Waals surface area contributed by atoms with E-state index in [0.717, 1.165) is 12.0 Å². The number of carbonyl (C=O) groups is 2. The molecule has 0 aliphatic carbocycles. The normalized spacial score (nSPS) is 17.3. The van der Waals surface area contributed by atoms with Gasteiger partial charge in [-0.3, -0.25) is 14.5 Å². The van der Waals surface area contributed by atoms with Gasteiger partial charge in [0.15, 0.2) is 17.3 Å². The summed E-state index contributed by atoms with van der Waals surface area (Å²) in [6.07, 6.45) is 0.827. The summed E-state index contributed by atoms with van der Waals surface area (Å²) < 4.78 is 16.4. The molecular formula is C26H26N2O6. The van der Waals surface area contributed by atoms with Gasteiger partial charge in [-0.05, 0) is 38.0 Å². The number of carbonyl (C=O) groups excluding carboxylic acids is 2. The van der Waals surface area contributed by atoms with E-state index in [1.807, 2.05) is 26.0 Å². The molecule has 2 heterocycles. The van der Waals surface area contributed by atoms with Crippen LogP contribution in [0.5, 0.6) is 11.5 Å². The number of aliphatic hydroxyl groups is 1. The molecule has 0 bridgehead atoms. The lowest BCUT2D eigenvalue weighted by Gasteiger charge is -2.23. The number of anilines is 1. The van der Waals surface area contributed by atoms with E-state index in [9.17, 15) is 14.7 Å². The molecule has 34 heavy (non-hydrogen) atoms. The number of amides is 1. The van der Waals surface area contributed by atoms with Gasteiger partial charge in [0.25, 0.3) is 5.78 Å². The molecule has 1 saturated heterocycles. The van der Waals surface area contributed by atoms with Crippen molar-refractivity contribution in [1.82, 2.24) is 5.16 Å². The van der Waals surface area contributed by atoms with Crippen molar-refractivity contribution in [2.75, 3.05) is 18.6 Å². The molecule has 0 spiro atoms. The van der Waals surface area contributed by atoms with Gasteiger partial charge in [-0.25, -0.2) is 0 Å². The van der Waals surface area contributed by atoms with Crippen molar-refractivity contribution in [1.29, 1.82) is 0 Å². The third-order valence-electron chi connectivity index (χ3n) is 5.60. The van der Waals surface area contributed by atoms with Gasteiger partial charge in [0.05, 0.1) is 25.3 Å². The molecule has 8 nitrogen and oxygen atoms in total. The molecule has 0 radical (unpaired) electrons. The quantitative estimate of drug-likeness (QED) is 0.308. The van der Waals surface area contributed by atoms with E-state index in [1.165, 1.54) is 12.0 Å². The average molecular weight is 463 g/mol. The Labute approximate surface area is 197 Å². The first-order chi connectivity index (χ1) is 16.3. The molecule has 2 aromatic carbocycles. The molecule has 3 aromatic rings. The Kier molecular flexibility index (Phi) is 6.40. The van der Waals surface area contributed by atoms with E-state index in [2.05, 4.69) is 5.16 Å². The fourth-order valence-corrected chi connectivity index (χ4v) is 3.90. The minimum Gasteiger partial charge on any atom is -0.507 e. The van der Waals surface area contributed by atoms with Gasteiger partial charge in [-0.15, -0.1) is 0 Å². The molecule has 176 valence electrons. The highest BCUT2D eigenvalue weighted by molar-refractivity contribution is 6.51. The summed E-state index contributed by atoms with van der Waals surface area (Å²) in [4.78, 5) is 27.6. The van der Waals surface area contributed by atoms with Crippen LogP contribution in [0, 0.1) is 13.8 Å². The van der Waals surface area contributed by atoms with Crippen molar-refractivity contribution >= 4 is 23.3 Å². The summed E-state index contributed by atoms with van der Waals surface area (Å²) in [6.45, 7) is 6.13. The van der Waals surface area contributed by atoms with Crippen molar-refractivity contribution in [2.45, 2.75) is 33.2 Å². The first-order valence-corrected chi connectivity index (χ1v) is 11.0. The Morgan fingerprint density at radius 2 is 1.82 bits per heavy atom. The lowest BCUT2D eigenvalue weighted by atomic mass is 9.94. The molecular weight excluding hydrogens is 436 g/mol. The second-order valence-corrected chi connectivity index (χ2v) is 8.09. The molecule has 4 rings (SSSR count). The Morgan fingerprint density at radius 1 is 1.09 bits per heavy atom. The van der Waals surface area contributed by atoms with Crippen LogP contribution in [-0.2, 0) is 9.59 Å². The number of hydrogen-bond acceptors (Lipinski definition) is 7. The van der Waals surface area contributed by atoms with Gasteiger partial charge in [-0.2, -0.15) is 0 Å². The maximum atomic E-state index is 13.2. The highest BCUT2D eigenvalue weighted by atomic mass is 16.5. The highest BCUT2D eigenvalue weighted by Gasteiger charge is 2.48. The zero-order chi connectivity index (χ0) is 24.4. The molecule has 0 saturated carbocycles. The number of methoxy groups -OCH3 is 1. The number of aromatic nitrogens is 1. The van der Waals surface area contributed by atoms with E-state index >= 15 is 0 Å². The summed E-state index contributed by atoms with van der Waals surface area (Å²) in [5.74, 6) is -0.237. The molecule has 1 amide bonds. The highest BCUT2D eigenvalue weighted by Crippen LogP contribution is 2.44. The third kappa shape index (κ3) is 4.14.